The van der Waals surface area contributed by atoms with Gasteiger partial charge in [-0.15, -0.1) is 0 Å². The minimum Gasteiger partial charge on any atom is -0.397 e. The molecule has 0 bridgehead atoms. The first-order chi connectivity index (χ1) is 13.2. The van der Waals surface area contributed by atoms with E-state index in [1.165, 1.54) is 5.56 Å². The molecular weight excluding hydrogens is 336 g/mol. The maximum Gasteiger partial charge on any atom is 0.253 e. The zero-order valence-electron chi connectivity index (χ0n) is 15.8. The van der Waals surface area contributed by atoms with E-state index in [9.17, 15) is 4.79 Å². The van der Waals surface area contributed by atoms with Crippen LogP contribution in [-0.4, -0.2) is 55.0 Å². The molecule has 1 amide bonds. The van der Waals surface area contributed by atoms with E-state index in [-0.39, 0.29) is 5.91 Å². The van der Waals surface area contributed by atoms with E-state index >= 15 is 0 Å². The quantitative estimate of drug-likeness (QED) is 0.848. The molecule has 0 atom stereocenters. The maximum absolute atomic E-state index is 12.6. The predicted octanol–water partition coefficient (Wildman–Crippen LogP) is 2.83. The van der Waals surface area contributed by atoms with Crippen LogP contribution in [0.2, 0.25) is 0 Å². The van der Waals surface area contributed by atoms with Crippen molar-refractivity contribution in [2.75, 3.05) is 49.9 Å². The van der Waals surface area contributed by atoms with Crippen LogP contribution in [0.4, 0.5) is 11.4 Å². The van der Waals surface area contributed by atoms with Crippen LogP contribution in [0.5, 0.6) is 0 Å². The molecule has 0 aromatic heterocycles. The van der Waals surface area contributed by atoms with Gasteiger partial charge >= 0.3 is 0 Å². The molecule has 27 heavy (non-hydrogen) atoms. The first-order valence-corrected chi connectivity index (χ1v) is 9.91. The number of hydrogen-bond acceptors (Lipinski definition) is 4. The molecule has 2 aromatic carbocycles. The van der Waals surface area contributed by atoms with Crippen LogP contribution in [0, 0.1) is 0 Å². The van der Waals surface area contributed by atoms with Crippen LogP contribution in [0.25, 0.3) is 0 Å². The zero-order chi connectivity index (χ0) is 18.6. The fourth-order valence-electron chi connectivity index (χ4n) is 4.07. The second-order valence-corrected chi connectivity index (χ2v) is 7.52. The van der Waals surface area contributed by atoms with Gasteiger partial charge in [-0.25, -0.2) is 0 Å². The Balaban J connectivity index is 1.37. The summed E-state index contributed by atoms with van der Waals surface area (Å²) in [5.74, 6) is 0.110. The first-order valence-electron chi connectivity index (χ1n) is 9.91. The Kier molecular flexibility index (Phi) is 5.30. The molecular formula is C22H28N4O. The van der Waals surface area contributed by atoms with Crippen molar-refractivity contribution in [3.8, 4) is 0 Å². The molecule has 2 saturated heterocycles. The van der Waals surface area contributed by atoms with Crippen molar-refractivity contribution in [1.82, 2.24) is 9.80 Å². The number of rotatable bonds is 4. The summed E-state index contributed by atoms with van der Waals surface area (Å²) < 4.78 is 0. The van der Waals surface area contributed by atoms with Crippen LogP contribution in [-0.2, 0) is 6.54 Å². The Bertz CT molecular complexity index is 778. The third-order valence-corrected chi connectivity index (χ3v) is 5.63. The van der Waals surface area contributed by atoms with Crippen molar-refractivity contribution < 1.29 is 4.79 Å². The van der Waals surface area contributed by atoms with Crippen molar-refractivity contribution in [2.24, 2.45) is 0 Å². The van der Waals surface area contributed by atoms with Crippen molar-refractivity contribution in [1.29, 1.82) is 0 Å². The average molecular weight is 364 g/mol. The number of nitrogen functional groups attached to an aromatic ring is 1. The van der Waals surface area contributed by atoms with Crippen molar-refractivity contribution in [2.45, 2.75) is 19.4 Å². The summed E-state index contributed by atoms with van der Waals surface area (Å²) in [6.07, 6.45) is 2.21. The third kappa shape index (κ3) is 4.08. The summed E-state index contributed by atoms with van der Waals surface area (Å²) in [5, 5.41) is 0. The second kappa shape index (κ2) is 8.01. The fraction of sp³-hybridized carbons (Fsp3) is 0.409. The Hall–Kier alpha value is -2.53. The summed E-state index contributed by atoms with van der Waals surface area (Å²) in [7, 11) is 0. The van der Waals surface area contributed by atoms with Gasteiger partial charge in [-0.1, -0.05) is 30.3 Å². The van der Waals surface area contributed by atoms with Gasteiger partial charge in [0.05, 0.1) is 11.4 Å². The van der Waals surface area contributed by atoms with Gasteiger partial charge in [0.2, 0.25) is 0 Å². The number of nitrogens with zero attached hydrogens (tertiary/aromatic N) is 3. The van der Waals surface area contributed by atoms with Crippen molar-refractivity contribution in [3.05, 3.63) is 59.7 Å². The Morgan fingerprint density at radius 1 is 0.889 bits per heavy atom. The summed E-state index contributed by atoms with van der Waals surface area (Å²) in [4.78, 5) is 19.3. The molecule has 5 heteroatoms. The van der Waals surface area contributed by atoms with Crippen LogP contribution >= 0.6 is 0 Å². The first kappa shape index (κ1) is 17.9. The summed E-state index contributed by atoms with van der Waals surface area (Å²) in [6, 6.07) is 16.4. The van der Waals surface area contributed by atoms with Gasteiger partial charge in [0, 0.05) is 51.4 Å². The number of hydrogen-bond donors (Lipinski definition) is 1. The summed E-state index contributed by atoms with van der Waals surface area (Å²) in [6.45, 7) is 6.67. The molecule has 2 heterocycles. The van der Waals surface area contributed by atoms with Crippen molar-refractivity contribution in [3.63, 3.8) is 0 Å². The van der Waals surface area contributed by atoms with Crippen molar-refractivity contribution >= 4 is 17.3 Å². The van der Waals surface area contributed by atoms with Gasteiger partial charge in [-0.05, 0) is 36.6 Å². The van der Waals surface area contributed by atoms with E-state index < -0.39 is 0 Å². The lowest BCUT2D eigenvalue weighted by atomic mass is 10.1. The Labute approximate surface area is 161 Å². The number of amides is 1. The van der Waals surface area contributed by atoms with E-state index in [1.807, 2.05) is 23.1 Å². The van der Waals surface area contributed by atoms with Gasteiger partial charge in [0.25, 0.3) is 5.91 Å². The third-order valence-electron chi connectivity index (χ3n) is 5.63. The van der Waals surface area contributed by atoms with E-state index in [1.54, 1.807) is 0 Å². The Morgan fingerprint density at radius 3 is 2.26 bits per heavy atom. The summed E-state index contributed by atoms with van der Waals surface area (Å²) in [5.41, 5.74) is 10.1. The lowest BCUT2D eigenvalue weighted by Gasteiger charge is -2.36. The molecule has 4 rings (SSSR count). The molecule has 2 aliphatic heterocycles. The molecule has 2 N–H and O–H groups in total. The largest absolute Gasteiger partial charge is 0.397 e. The van der Waals surface area contributed by atoms with Crippen LogP contribution in [0.1, 0.15) is 28.8 Å². The molecule has 0 unspecified atom stereocenters. The van der Waals surface area contributed by atoms with Crippen LogP contribution < -0.4 is 10.6 Å². The minimum atomic E-state index is 0.110. The monoisotopic (exact) mass is 364 g/mol. The summed E-state index contributed by atoms with van der Waals surface area (Å²) >= 11 is 0. The second-order valence-electron chi connectivity index (χ2n) is 7.52. The van der Waals surface area contributed by atoms with Gasteiger partial charge < -0.3 is 15.5 Å². The van der Waals surface area contributed by atoms with E-state index in [0.717, 1.165) is 64.3 Å². The predicted molar refractivity (Wildman–Crippen MR) is 110 cm³/mol. The lowest BCUT2D eigenvalue weighted by Crippen LogP contribution is -2.46. The maximum atomic E-state index is 12.6. The zero-order valence-corrected chi connectivity index (χ0v) is 15.8. The number of nitrogens with two attached hydrogens (primary N) is 1. The molecule has 0 spiro atoms. The van der Waals surface area contributed by atoms with Gasteiger partial charge in [-0.2, -0.15) is 0 Å². The minimum absolute atomic E-state index is 0.110. The highest BCUT2D eigenvalue weighted by Gasteiger charge is 2.22. The normalized spacial score (nSPS) is 18.1. The molecule has 0 aliphatic carbocycles. The smallest absolute Gasteiger partial charge is 0.253 e. The number of anilines is 2. The average Bonchev–Trinajstić information content (AvgIpc) is 3.24. The number of carbonyl (C=O) groups is 1. The molecule has 5 nitrogen and oxygen atoms in total. The lowest BCUT2D eigenvalue weighted by molar-refractivity contribution is 0.0793. The highest BCUT2D eigenvalue weighted by molar-refractivity contribution is 5.96. The molecule has 2 fully saturated rings. The number of carbonyl (C=O) groups excluding carboxylic acids is 1. The molecule has 0 radical (unpaired) electrons. The van der Waals surface area contributed by atoms with Gasteiger partial charge in [0.15, 0.2) is 0 Å². The van der Waals surface area contributed by atoms with Gasteiger partial charge in [0.1, 0.15) is 0 Å². The number of benzene rings is 2. The fourth-order valence-corrected chi connectivity index (χ4v) is 4.07. The topological polar surface area (TPSA) is 52.8 Å². The number of piperazine rings is 1. The van der Waals surface area contributed by atoms with Crippen LogP contribution in [0.15, 0.2) is 48.5 Å². The number of likely N-dealkylation sites (tertiary alicyclic amines) is 1. The SMILES string of the molecule is Nc1cc(C(=O)N2CCCC2)ccc1N1CCN(Cc2ccccc2)CC1. The highest BCUT2D eigenvalue weighted by Crippen LogP contribution is 2.27. The molecule has 2 aromatic rings. The molecule has 142 valence electrons. The Morgan fingerprint density at radius 2 is 1.59 bits per heavy atom. The highest BCUT2D eigenvalue weighted by atomic mass is 16.2. The van der Waals surface area contributed by atoms with E-state index in [0.29, 0.717) is 11.3 Å². The molecule has 2 aliphatic rings. The van der Waals surface area contributed by atoms with E-state index in [4.69, 9.17) is 5.73 Å². The van der Waals surface area contributed by atoms with Gasteiger partial charge in [-0.3, -0.25) is 9.69 Å². The van der Waals surface area contributed by atoms with Crippen LogP contribution in [0.3, 0.4) is 0 Å². The standard InChI is InChI=1S/C22H28N4O/c23-20-16-19(22(27)26-10-4-5-11-26)8-9-21(20)25-14-12-24(13-15-25)17-18-6-2-1-3-7-18/h1-3,6-9,16H,4-5,10-15,17,23H2. The van der Waals surface area contributed by atoms with E-state index in [2.05, 4.69) is 40.1 Å². The molecule has 0 saturated carbocycles.